The smallest absolute Gasteiger partial charge is 0.311 e. The quantitative estimate of drug-likeness (QED) is 0.152. The van der Waals surface area contributed by atoms with E-state index in [0.29, 0.717) is 24.8 Å². The number of allylic oxidation sites excluding steroid dienone is 3. The van der Waals surface area contributed by atoms with E-state index >= 15 is 0 Å². The number of halogens is 3. The van der Waals surface area contributed by atoms with Crippen molar-refractivity contribution in [1.82, 2.24) is 0 Å². The molecule has 8 heteroatoms. The zero-order chi connectivity index (χ0) is 27.3. The molecule has 2 aromatic rings. The summed E-state index contributed by atoms with van der Waals surface area (Å²) in [7, 11) is 0. The van der Waals surface area contributed by atoms with Crippen LogP contribution in [0.15, 0.2) is 66.2 Å². The second kappa shape index (κ2) is 14.8. The number of benzene rings is 2. The summed E-state index contributed by atoms with van der Waals surface area (Å²) >= 11 is 0. The molecule has 1 aliphatic carbocycles. The molecule has 0 amide bonds. The monoisotopic (exact) mass is 525 g/mol. The van der Waals surface area contributed by atoms with Crippen LogP contribution in [0.3, 0.4) is 0 Å². The Morgan fingerprint density at radius 2 is 1.45 bits per heavy atom. The van der Waals surface area contributed by atoms with Gasteiger partial charge in [0.2, 0.25) is 0 Å². The molecular formula is C30H30F3NO4. The topological polar surface area (TPSA) is 76.4 Å². The summed E-state index contributed by atoms with van der Waals surface area (Å²) in [6, 6.07) is 11.1. The Hall–Kier alpha value is -3.86. The number of hydrogen-bond donors (Lipinski definition) is 0. The number of esters is 2. The van der Waals surface area contributed by atoms with Crippen molar-refractivity contribution in [2.24, 2.45) is 0 Å². The summed E-state index contributed by atoms with van der Waals surface area (Å²) < 4.78 is 51.5. The van der Waals surface area contributed by atoms with Crippen molar-refractivity contribution in [1.29, 1.82) is 5.26 Å². The van der Waals surface area contributed by atoms with Gasteiger partial charge in [-0.2, -0.15) is 5.26 Å². The van der Waals surface area contributed by atoms with E-state index in [0.717, 1.165) is 38.2 Å². The number of nitriles is 1. The lowest BCUT2D eigenvalue weighted by atomic mass is 9.91. The summed E-state index contributed by atoms with van der Waals surface area (Å²) in [6.45, 7) is 0. The van der Waals surface area contributed by atoms with Crippen LogP contribution >= 0.6 is 0 Å². The first kappa shape index (κ1) is 28.7. The van der Waals surface area contributed by atoms with Crippen LogP contribution in [-0.2, 0) is 14.3 Å². The largest absolute Gasteiger partial charge is 0.427 e. The van der Waals surface area contributed by atoms with Crippen LogP contribution in [0.2, 0.25) is 0 Å². The molecule has 1 aliphatic rings. The highest BCUT2D eigenvalue weighted by Crippen LogP contribution is 2.34. The highest BCUT2D eigenvalue weighted by atomic mass is 19.1. The molecule has 0 aromatic heterocycles. The van der Waals surface area contributed by atoms with E-state index in [-0.39, 0.29) is 35.7 Å². The SMILES string of the molecule is N#Cc1ccc(OC(=O)CCCCCCCCCC(=O)OC2=CCC(c3ccc(F)cc3)C(F)=C2)cc1F. The Labute approximate surface area is 220 Å². The second-order valence-corrected chi connectivity index (χ2v) is 9.15. The van der Waals surface area contributed by atoms with Crippen LogP contribution in [0.25, 0.3) is 0 Å². The first-order chi connectivity index (χ1) is 18.4. The molecule has 200 valence electrons. The maximum absolute atomic E-state index is 14.5. The van der Waals surface area contributed by atoms with Gasteiger partial charge in [0.1, 0.15) is 35.0 Å². The maximum atomic E-state index is 14.5. The van der Waals surface area contributed by atoms with Gasteiger partial charge in [-0.3, -0.25) is 9.59 Å². The minimum Gasteiger partial charge on any atom is -0.427 e. The molecule has 38 heavy (non-hydrogen) atoms. The molecule has 0 saturated carbocycles. The molecule has 0 heterocycles. The normalized spacial score (nSPS) is 14.7. The van der Waals surface area contributed by atoms with Crippen molar-refractivity contribution in [2.45, 2.75) is 70.1 Å². The van der Waals surface area contributed by atoms with Gasteiger partial charge >= 0.3 is 11.9 Å². The number of rotatable bonds is 13. The van der Waals surface area contributed by atoms with Crippen LogP contribution in [0, 0.1) is 23.0 Å². The Morgan fingerprint density at radius 1 is 0.842 bits per heavy atom. The molecular weight excluding hydrogens is 495 g/mol. The third-order valence-electron chi connectivity index (χ3n) is 6.23. The highest BCUT2D eigenvalue weighted by Gasteiger charge is 2.22. The standard InChI is InChI=1S/C30H30F3NO4/c31-23-13-10-21(11-14-23)26-17-16-25(19-28(26)33)38-30(36)9-7-5-3-1-2-4-6-8-29(35)37-24-15-12-22(20-34)27(32)18-24/h10-16,18-19,26H,1-9,17H2. The molecule has 0 spiro atoms. The fourth-order valence-corrected chi connectivity index (χ4v) is 4.14. The average molecular weight is 526 g/mol. The molecule has 3 rings (SSSR count). The van der Waals surface area contributed by atoms with E-state index in [1.165, 1.54) is 30.3 Å². The minimum absolute atomic E-state index is 0.0835. The van der Waals surface area contributed by atoms with Crippen molar-refractivity contribution in [3.8, 4) is 11.8 Å². The highest BCUT2D eigenvalue weighted by molar-refractivity contribution is 5.72. The van der Waals surface area contributed by atoms with Crippen LogP contribution in [0.1, 0.15) is 81.3 Å². The molecule has 5 nitrogen and oxygen atoms in total. The number of ether oxygens (including phenoxy) is 2. The van der Waals surface area contributed by atoms with Gasteiger partial charge in [-0.05, 0) is 55.2 Å². The van der Waals surface area contributed by atoms with Gasteiger partial charge in [0.15, 0.2) is 0 Å². The lowest BCUT2D eigenvalue weighted by Crippen LogP contribution is -2.09. The zero-order valence-corrected chi connectivity index (χ0v) is 21.1. The number of carbonyl (C=O) groups excluding carboxylic acids is 2. The van der Waals surface area contributed by atoms with Crippen molar-refractivity contribution >= 4 is 11.9 Å². The number of carbonyl (C=O) groups is 2. The molecule has 0 saturated heterocycles. The lowest BCUT2D eigenvalue weighted by molar-refractivity contribution is -0.139. The van der Waals surface area contributed by atoms with E-state index in [2.05, 4.69) is 0 Å². The predicted molar refractivity (Wildman–Crippen MR) is 135 cm³/mol. The molecule has 0 radical (unpaired) electrons. The molecule has 0 fully saturated rings. The van der Waals surface area contributed by atoms with Gasteiger partial charge in [0.25, 0.3) is 0 Å². The molecule has 1 unspecified atom stereocenters. The predicted octanol–water partition coefficient (Wildman–Crippen LogP) is 7.72. The second-order valence-electron chi connectivity index (χ2n) is 9.15. The zero-order valence-electron chi connectivity index (χ0n) is 21.1. The third kappa shape index (κ3) is 9.22. The number of unbranched alkanes of at least 4 members (excludes halogenated alkanes) is 6. The van der Waals surface area contributed by atoms with Crippen molar-refractivity contribution in [3.05, 3.63) is 89.0 Å². The van der Waals surface area contributed by atoms with Gasteiger partial charge in [-0.25, -0.2) is 13.2 Å². The van der Waals surface area contributed by atoms with E-state index in [1.54, 1.807) is 24.3 Å². The van der Waals surface area contributed by atoms with Crippen molar-refractivity contribution in [2.75, 3.05) is 0 Å². The fraction of sp³-hybridized carbons (Fsp3) is 0.367. The van der Waals surface area contributed by atoms with Crippen molar-refractivity contribution < 1.29 is 32.2 Å². The summed E-state index contributed by atoms with van der Waals surface area (Å²) in [4.78, 5) is 24.0. The van der Waals surface area contributed by atoms with Crippen LogP contribution < -0.4 is 4.74 Å². The van der Waals surface area contributed by atoms with Crippen LogP contribution in [0.4, 0.5) is 13.2 Å². The summed E-state index contributed by atoms with van der Waals surface area (Å²) in [5, 5.41) is 8.72. The Balaban J connectivity index is 1.21. The van der Waals surface area contributed by atoms with E-state index in [4.69, 9.17) is 14.7 Å². The average Bonchev–Trinajstić information content (AvgIpc) is 2.88. The number of nitrogens with zero attached hydrogens (tertiary/aromatic N) is 1. The first-order valence-electron chi connectivity index (χ1n) is 12.8. The molecule has 0 aliphatic heterocycles. The first-order valence-corrected chi connectivity index (χ1v) is 12.8. The fourth-order valence-electron chi connectivity index (χ4n) is 4.14. The third-order valence-corrected chi connectivity index (χ3v) is 6.23. The Bertz CT molecular complexity index is 1210. The van der Waals surface area contributed by atoms with Gasteiger partial charge in [-0.15, -0.1) is 0 Å². The van der Waals surface area contributed by atoms with Gasteiger partial charge in [-0.1, -0.05) is 44.2 Å². The van der Waals surface area contributed by atoms with E-state index in [9.17, 15) is 22.8 Å². The Morgan fingerprint density at radius 3 is 2.03 bits per heavy atom. The van der Waals surface area contributed by atoms with Crippen LogP contribution in [-0.4, -0.2) is 11.9 Å². The summed E-state index contributed by atoms with van der Waals surface area (Å²) in [5.41, 5.74) is 0.565. The van der Waals surface area contributed by atoms with Gasteiger partial charge in [0.05, 0.1) is 5.56 Å². The summed E-state index contributed by atoms with van der Waals surface area (Å²) in [5.74, 6) is -2.58. The molecule has 1 atom stereocenters. The summed E-state index contributed by atoms with van der Waals surface area (Å²) in [6.07, 6.45) is 9.59. The van der Waals surface area contributed by atoms with Crippen LogP contribution in [0.5, 0.6) is 5.75 Å². The van der Waals surface area contributed by atoms with Gasteiger partial charge < -0.3 is 9.47 Å². The van der Waals surface area contributed by atoms with E-state index in [1.807, 2.05) is 0 Å². The maximum Gasteiger partial charge on any atom is 0.311 e. The lowest BCUT2D eigenvalue weighted by Gasteiger charge is -2.19. The molecule has 0 N–H and O–H groups in total. The van der Waals surface area contributed by atoms with Gasteiger partial charge in [0, 0.05) is 30.9 Å². The minimum atomic E-state index is -0.723. The molecule has 2 aromatic carbocycles. The number of hydrogen-bond acceptors (Lipinski definition) is 5. The van der Waals surface area contributed by atoms with E-state index < -0.39 is 29.5 Å². The Kier molecular flexibility index (Phi) is 11.2. The molecule has 0 bridgehead atoms. The van der Waals surface area contributed by atoms with Crippen molar-refractivity contribution in [3.63, 3.8) is 0 Å².